The summed E-state index contributed by atoms with van der Waals surface area (Å²) in [6, 6.07) is 6.76. The molecule has 23 heavy (non-hydrogen) atoms. The molecule has 0 saturated carbocycles. The van der Waals surface area contributed by atoms with E-state index in [1.165, 1.54) is 4.31 Å². The van der Waals surface area contributed by atoms with Crippen LogP contribution in [-0.4, -0.2) is 33.2 Å². The van der Waals surface area contributed by atoms with Crippen molar-refractivity contribution >= 4 is 33.2 Å². The van der Waals surface area contributed by atoms with Gasteiger partial charge in [-0.1, -0.05) is 24.9 Å². The van der Waals surface area contributed by atoms with Gasteiger partial charge in [-0.2, -0.15) is 0 Å². The summed E-state index contributed by atoms with van der Waals surface area (Å²) in [7, 11) is -3.40. The summed E-state index contributed by atoms with van der Waals surface area (Å²) in [6.45, 7) is 4.30. The fourth-order valence-electron chi connectivity index (χ4n) is 2.33. The minimum Gasteiger partial charge on any atom is -0.354 e. The molecule has 1 N–H and O–H groups in total. The number of nitrogens with zero attached hydrogens (tertiary/aromatic N) is 1. The van der Waals surface area contributed by atoms with Gasteiger partial charge in [-0.3, -0.25) is 9.10 Å². The summed E-state index contributed by atoms with van der Waals surface area (Å²) in [6.07, 6.45) is 3.87. The molecule has 0 fully saturated rings. The van der Waals surface area contributed by atoms with Crippen LogP contribution in [0.25, 0.3) is 0 Å². The molecule has 0 aliphatic rings. The largest absolute Gasteiger partial charge is 0.354 e. The molecular weight excluding hydrogens is 336 g/mol. The molecule has 1 rings (SSSR count). The molecule has 0 heterocycles. The van der Waals surface area contributed by atoms with Gasteiger partial charge in [0.05, 0.1) is 11.9 Å². The van der Waals surface area contributed by atoms with Crippen molar-refractivity contribution in [1.29, 1.82) is 0 Å². The molecule has 0 aromatic heterocycles. The van der Waals surface area contributed by atoms with Gasteiger partial charge in [0, 0.05) is 24.0 Å². The SMILES string of the molecule is CCC[C@@H](C)NC(=O)CCCN(c1ccc(Cl)cc1)S(C)(=O)=O. The van der Waals surface area contributed by atoms with E-state index in [0.717, 1.165) is 19.1 Å². The zero-order valence-corrected chi connectivity index (χ0v) is 15.5. The Kier molecular flexibility index (Phi) is 7.85. The zero-order chi connectivity index (χ0) is 17.5. The Morgan fingerprint density at radius 3 is 2.43 bits per heavy atom. The average Bonchev–Trinajstić information content (AvgIpc) is 2.44. The topological polar surface area (TPSA) is 66.5 Å². The van der Waals surface area contributed by atoms with Crippen molar-refractivity contribution in [3.63, 3.8) is 0 Å². The molecule has 5 nitrogen and oxygen atoms in total. The molecule has 7 heteroatoms. The number of carbonyl (C=O) groups excluding carboxylic acids is 1. The molecule has 0 aliphatic heterocycles. The predicted molar refractivity (Wildman–Crippen MR) is 95.4 cm³/mol. The minimum absolute atomic E-state index is 0.0458. The van der Waals surface area contributed by atoms with Gasteiger partial charge in [0.15, 0.2) is 0 Å². The van der Waals surface area contributed by atoms with E-state index in [4.69, 9.17) is 11.6 Å². The van der Waals surface area contributed by atoms with Gasteiger partial charge in [-0.15, -0.1) is 0 Å². The third-order valence-corrected chi connectivity index (χ3v) is 4.86. The summed E-state index contributed by atoms with van der Waals surface area (Å²) in [5, 5.41) is 3.46. The standard InChI is InChI=1S/C16H25ClN2O3S/c1-4-6-13(2)18-16(20)7-5-12-19(23(3,21)22)15-10-8-14(17)9-11-15/h8-11,13H,4-7,12H2,1-3H3,(H,18,20)/t13-/m1/s1. The van der Waals surface area contributed by atoms with Crippen LogP contribution in [0.2, 0.25) is 5.02 Å². The lowest BCUT2D eigenvalue weighted by atomic mass is 10.2. The highest BCUT2D eigenvalue weighted by Gasteiger charge is 2.17. The second-order valence-corrected chi connectivity index (χ2v) is 8.02. The van der Waals surface area contributed by atoms with Gasteiger partial charge >= 0.3 is 0 Å². The monoisotopic (exact) mass is 360 g/mol. The van der Waals surface area contributed by atoms with E-state index in [1.54, 1.807) is 24.3 Å². The van der Waals surface area contributed by atoms with Crippen molar-refractivity contribution in [2.45, 2.75) is 45.6 Å². The maximum atomic E-state index is 11.9. The van der Waals surface area contributed by atoms with E-state index < -0.39 is 10.0 Å². The summed E-state index contributed by atoms with van der Waals surface area (Å²) < 4.78 is 25.2. The second kappa shape index (κ2) is 9.13. The average molecular weight is 361 g/mol. The molecule has 1 aromatic rings. The van der Waals surface area contributed by atoms with Crippen LogP contribution in [0.15, 0.2) is 24.3 Å². The van der Waals surface area contributed by atoms with Crippen LogP contribution >= 0.6 is 11.6 Å². The smallest absolute Gasteiger partial charge is 0.232 e. The number of carbonyl (C=O) groups is 1. The van der Waals surface area contributed by atoms with Gasteiger partial charge < -0.3 is 5.32 Å². The van der Waals surface area contributed by atoms with E-state index in [1.807, 2.05) is 6.92 Å². The molecule has 0 spiro atoms. The van der Waals surface area contributed by atoms with Crippen LogP contribution in [0.5, 0.6) is 0 Å². The van der Waals surface area contributed by atoms with E-state index in [0.29, 0.717) is 23.6 Å². The van der Waals surface area contributed by atoms with E-state index in [2.05, 4.69) is 12.2 Å². The lowest BCUT2D eigenvalue weighted by molar-refractivity contribution is -0.121. The molecule has 1 amide bonds. The Balaban J connectivity index is 2.60. The van der Waals surface area contributed by atoms with Crippen molar-refractivity contribution in [2.24, 2.45) is 0 Å². The first-order valence-electron chi connectivity index (χ1n) is 7.76. The van der Waals surface area contributed by atoms with E-state index in [-0.39, 0.29) is 18.5 Å². The van der Waals surface area contributed by atoms with Crippen LogP contribution in [0, 0.1) is 0 Å². The van der Waals surface area contributed by atoms with E-state index in [9.17, 15) is 13.2 Å². The van der Waals surface area contributed by atoms with Crippen molar-refractivity contribution in [1.82, 2.24) is 5.32 Å². The number of hydrogen-bond acceptors (Lipinski definition) is 3. The highest BCUT2D eigenvalue weighted by atomic mass is 35.5. The molecule has 1 atom stereocenters. The molecular formula is C16H25ClN2O3S. The number of rotatable bonds is 9. The van der Waals surface area contributed by atoms with Crippen LogP contribution in [0.1, 0.15) is 39.5 Å². The Morgan fingerprint density at radius 1 is 1.30 bits per heavy atom. The van der Waals surface area contributed by atoms with Crippen LogP contribution in [-0.2, 0) is 14.8 Å². The summed E-state index contributed by atoms with van der Waals surface area (Å²) in [5.41, 5.74) is 0.552. The fourth-order valence-corrected chi connectivity index (χ4v) is 3.42. The number of anilines is 1. The molecule has 1 aromatic carbocycles. The van der Waals surface area contributed by atoms with Gasteiger partial charge in [0.25, 0.3) is 0 Å². The Bertz CT molecular complexity index is 602. The third-order valence-electron chi connectivity index (χ3n) is 3.41. The van der Waals surface area contributed by atoms with Gasteiger partial charge in [0.2, 0.25) is 15.9 Å². The quantitative estimate of drug-likeness (QED) is 0.735. The maximum absolute atomic E-state index is 11.9. The fraction of sp³-hybridized carbons (Fsp3) is 0.562. The lowest BCUT2D eigenvalue weighted by Gasteiger charge is -2.22. The maximum Gasteiger partial charge on any atom is 0.232 e. The summed E-state index contributed by atoms with van der Waals surface area (Å²) in [4.78, 5) is 11.8. The number of hydrogen-bond donors (Lipinski definition) is 1. The van der Waals surface area contributed by atoms with Gasteiger partial charge in [-0.05, 0) is 44.0 Å². The number of benzene rings is 1. The van der Waals surface area contributed by atoms with Crippen molar-refractivity contribution in [3.8, 4) is 0 Å². The minimum atomic E-state index is -3.40. The molecule has 0 radical (unpaired) electrons. The van der Waals surface area contributed by atoms with Crippen molar-refractivity contribution < 1.29 is 13.2 Å². The first-order valence-corrected chi connectivity index (χ1v) is 9.99. The highest BCUT2D eigenvalue weighted by molar-refractivity contribution is 7.92. The van der Waals surface area contributed by atoms with Crippen molar-refractivity contribution in [2.75, 3.05) is 17.1 Å². The molecule has 0 aliphatic carbocycles. The Hall–Kier alpha value is -1.27. The predicted octanol–water partition coefficient (Wildman–Crippen LogP) is 3.19. The molecule has 0 saturated heterocycles. The van der Waals surface area contributed by atoms with Gasteiger partial charge in [-0.25, -0.2) is 8.42 Å². The van der Waals surface area contributed by atoms with E-state index >= 15 is 0 Å². The zero-order valence-electron chi connectivity index (χ0n) is 13.9. The molecule has 130 valence electrons. The first kappa shape index (κ1) is 19.8. The van der Waals surface area contributed by atoms with Crippen molar-refractivity contribution in [3.05, 3.63) is 29.3 Å². The van der Waals surface area contributed by atoms with Crippen LogP contribution in [0.4, 0.5) is 5.69 Å². The highest BCUT2D eigenvalue weighted by Crippen LogP contribution is 2.20. The summed E-state index contributed by atoms with van der Waals surface area (Å²) >= 11 is 5.83. The Morgan fingerprint density at radius 2 is 1.91 bits per heavy atom. The lowest BCUT2D eigenvalue weighted by Crippen LogP contribution is -2.34. The number of amides is 1. The normalized spacial score (nSPS) is 12.7. The first-order chi connectivity index (χ1) is 10.7. The number of nitrogens with one attached hydrogen (secondary N) is 1. The van der Waals surface area contributed by atoms with Crippen LogP contribution in [0.3, 0.4) is 0 Å². The number of sulfonamides is 1. The summed E-state index contributed by atoms with van der Waals surface area (Å²) in [5.74, 6) is -0.0458. The van der Waals surface area contributed by atoms with Gasteiger partial charge in [0.1, 0.15) is 0 Å². The van der Waals surface area contributed by atoms with Crippen LogP contribution < -0.4 is 9.62 Å². The third kappa shape index (κ3) is 7.22. The second-order valence-electron chi connectivity index (χ2n) is 5.67. The number of halogens is 1. The molecule has 0 unspecified atom stereocenters. The molecule has 0 bridgehead atoms. The Labute approximate surface area is 144 Å².